The number of sulfonamides is 1. The van der Waals surface area contributed by atoms with E-state index in [4.69, 9.17) is 0 Å². The van der Waals surface area contributed by atoms with Crippen molar-refractivity contribution in [3.63, 3.8) is 0 Å². The molecule has 4 rings (SSSR count). The Morgan fingerprint density at radius 1 is 0.719 bits per heavy atom. The molecule has 3 aromatic carbocycles. The quantitative estimate of drug-likeness (QED) is 0.393. The lowest BCUT2D eigenvalue weighted by molar-refractivity contribution is 0.603. The number of aromatic amines is 1. The molecule has 4 aromatic rings. The average molecular weight is 452 g/mol. The Morgan fingerprint density at radius 3 is 1.44 bits per heavy atom. The van der Waals surface area contributed by atoms with Crippen LogP contribution in [0.15, 0.2) is 91.0 Å². The van der Waals surface area contributed by atoms with Gasteiger partial charge < -0.3 is 0 Å². The van der Waals surface area contributed by atoms with Crippen LogP contribution in [0, 0.1) is 13.8 Å². The average Bonchev–Trinajstić information content (AvgIpc) is 3.27. The summed E-state index contributed by atoms with van der Waals surface area (Å²) in [5.74, 6) is 0. The zero-order chi connectivity index (χ0) is 24.0. The molecule has 5 nitrogen and oxygen atoms in total. The Bertz CT molecular complexity index is 1030. The number of rotatable bonds is 2. The molecule has 32 heavy (non-hydrogen) atoms. The molecule has 170 valence electrons. The normalized spacial score (nSPS) is 9.81. The first-order valence-corrected chi connectivity index (χ1v) is 12.3. The highest BCUT2D eigenvalue weighted by atomic mass is 32.2. The van der Waals surface area contributed by atoms with E-state index >= 15 is 0 Å². The molecule has 0 bridgehead atoms. The lowest BCUT2D eigenvalue weighted by Crippen LogP contribution is -2.07. The summed E-state index contributed by atoms with van der Waals surface area (Å²) in [4.78, 5) is 0. The number of nitrogens with two attached hydrogens (primary N) is 1. The molecule has 0 aliphatic carbocycles. The third-order valence-corrected chi connectivity index (χ3v) is 3.95. The molecule has 0 saturated carbocycles. The van der Waals surface area contributed by atoms with E-state index in [0.717, 1.165) is 28.8 Å². The number of aryl methyl sites for hydroxylation is 2. The van der Waals surface area contributed by atoms with Crippen molar-refractivity contribution in [1.29, 1.82) is 0 Å². The highest BCUT2D eigenvalue weighted by Crippen LogP contribution is 2.24. The summed E-state index contributed by atoms with van der Waals surface area (Å²) in [7, 11) is -3.17. The van der Waals surface area contributed by atoms with Crippen LogP contribution in [0.25, 0.3) is 22.5 Å². The molecule has 0 saturated heterocycles. The molecule has 0 unspecified atom stereocenters. The fraction of sp³-hybridized carbons (Fsp3) is 0.192. The number of hydrogen-bond donors (Lipinski definition) is 2. The van der Waals surface area contributed by atoms with E-state index in [1.807, 2.05) is 50.2 Å². The molecule has 0 atom stereocenters. The van der Waals surface area contributed by atoms with Gasteiger partial charge in [-0.3, -0.25) is 5.10 Å². The molecule has 0 radical (unpaired) electrons. The molecule has 0 amide bonds. The highest BCUT2D eigenvalue weighted by Gasteiger charge is 2.05. The van der Waals surface area contributed by atoms with Crippen molar-refractivity contribution in [2.45, 2.75) is 27.7 Å². The van der Waals surface area contributed by atoms with Gasteiger partial charge in [0, 0.05) is 5.56 Å². The summed E-state index contributed by atoms with van der Waals surface area (Å²) >= 11 is 0. The van der Waals surface area contributed by atoms with Crippen LogP contribution in [0.1, 0.15) is 25.0 Å². The van der Waals surface area contributed by atoms with E-state index in [1.165, 1.54) is 11.1 Å². The molecular formula is C26H33N3O2S. The van der Waals surface area contributed by atoms with Gasteiger partial charge in [0.2, 0.25) is 10.0 Å². The smallest absolute Gasteiger partial charge is 0.206 e. The second kappa shape index (κ2) is 14.0. The van der Waals surface area contributed by atoms with Crippen LogP contribution < -0.4 is 5.14 Å². The van der Waals surface area contributed by atoms with Crippen LogP contribution in [0.2, 0.25) is 0 Å². The second-order valence-electron chi connectivity index (χ2n) is 6.88. The van der Waals surface area contributed by atoms with E-state index in [2.05, 4.69) is 83.8 Å². The number of H-pyrrole nitrogens is 1. The predicted molar refractivity (Wildman–Crippen MR) is 136 cm³/mol. The minimum atomic E-state index is -3.17. The SMILES string of the molecule is CC.CS(N)(=O)=O.Cc1ccc(-c2cc(-c3ccc(C)cc3)[nH]n2)cc1.c1ccccc1. The van der Waals surface area contributed by atoms with Gasteiger partial charge in [-0.1, -0.05) is 110 Å². The van der Waals surface area contributed by atoms with Crippen molar-refractivity contribution in [3.8, 4) is 22.5 Å². The fourth-order valence-electron chi connectivity index (χ4n) is 2.46. The number of benzene rings is 3. The Balaban J connectivity index is 0.000000324. The van der Waals surface area contributed by atoms with Gasteiger partial charge in [-0.25, -0.2) is 13.6 Å². The van der Waals surface area contributed by atoms with Crippen LogP contribution >= 0.6 is 0 Å². The number of primary sulfonamides is 1. The van der Waals surface area contributed by atoms with Crippen LogP contribution in [-0.2, 0) is 10.0 Å². The van der Waals surface area contributed by atoms with Crippen molar-refractivity contribution in [2.75, 3.05) is 6.26 Å². The van der Waals surface area contributed by atoms with Crippen LogP contribution in [0.5, 0.6) is 0 Å². The maximum absolute atomic E-state index is 9.41. The van der Waals surface area contributed by atoms with Gasteiger partial charge in [0.15, 0.2) is 0 Å². The van der Waals surface area contributed by atoms with Gasteiger partial charge in [0.1, 0.15) is 0 Å². The summed E-state index contributed by atoms with van der Waals surface area (Å²) < 4.78 is 18.8. The summed E-state index contributed by atoms with van der Waals surface area (Å²) in [5, 5.41) is 11.8. The molecule has 0 spiro atoms. The molecule has 1 heterocycles. The van der Waals surface area contributed by atoms with E-state index in [9.17, 15) is 8.42 Å². The van der Waals surface area contributed by atoms with Crippen LogP contribution in [0.3, 0.4) is 0 Å². The Labute approximate surface area is 192 Å². The number of hydrogen-bond acceptors (Lipinski definition) is 3. The monoisotopic (exact) mass is 451 g/mol. The van der Waals surface area contributed by atoms with E-state index in [-0.39, 0.29) is 0 Å². The zero-order valence-electron chi connectivity index (χ0n) is 19.4. The first-order valence-electron chi connectivity index (χ1n) is 10.4. The maximum atomic E-state index is 9.41. The minimum absolute atomic E-state index is 0.938. The fourth-order valence-corrected chi connectivity index (χ4v) is 2.46. The van der Waals surface area contributed by atoms with Gasteiger partial charge in [0.05, 0.1) is 17.6 Å². The Hall–Kier alpha value is -3.22. The van der Waals surface area contributed by atoms with Crippen molar-refractivity contribution in [2.24, 2.45) is 5.14 Å². The van der Waals surface area contributed by atoms with Crippen LogP contribution in [0.4, 0.5) is 0 Å². The van der Waals surface area contributed by atoms with Gasteiger partial charge in [0.25, 0.3) is 0 Å². The third-order valence-electron chi connectivity index (χ3n) is 3.95. The molecule has 0 aliphatic rings. The molecule has 6 heteroatoms. The summed E-state index contributed by atoms with van der Waals surface area (Å²) in [6.45, 7) is 8.18. The maximum Gasteiger partial charge on any atom is 0.206 e. The highest BCUT2D eigenvalue weighted by molar-refractivity contribution is 7.88. The predicted octanol–water partition coefficient (Wildman–Crippen LogP) is 5.98. The lowest BCUT2D eigenvalue weighted by Gasteiger charge is -1.97. The largest absolute Gasteiger partial charge is 0.277 e. The van der Waals surface area contributed by atoms with Crippen molar-refractivity contribution >= 4 is 10.0 Å². The Kier molecular flexibility index (Phi) is 11.7. The summed E-state index contributed by atoms with van der Waals surface area (Å²) in [5.41, 5.74) is 6.86. The molecular weight excluding hydrogens is 418 g/mol. The molecule has 0 fully saturated rings. The third kappa shape index (κ3) is 11.2. The van der Waals surface area contributed by atoms with Crippen LogP contribution in [-0.4, -0.2) is 24.9 Å². The lowest BCUT2D eigenvalue weighted by atomic mass is 10.1. The summed E-state index contributed by atoms with van der Waals surface area (Å²) in [6, 6.07) is 31.0. The molecule has 0 aliphatic heterocycles. The molecule has 3 N–H and O–H groups in total. The van der Waals surface area contributed by atoms with Gasteiger partial charge in [-0.05, 0) is 25.5 Å². The minimum Gasteiger partial charge on any atom is -0.277 e. The second-order valence-corrected chi connectivity index (χ2v) is 8.54. The zero-order valence-corrected chi connectivity index (χ0v) is 20.2. The Morgan fingerprint density at radius 2 is 1.06 bits per heavy atom. The van der Waals surface area contributed by atoms with Crippen molar-refractivity contribution < 1.29 is 8.42 Å². The van der Waals surface area contributed by atoms with E-state index in [0.29, 0.717) is 0 Å². The van der Waals surface area contributed by atoms with Gasteiger partial charge in [-0.15, -0.1) is 0 Å². The number of nitrogens with zero attached hydrogens (tertiary/aromatic N) is 1. The standard InChI is InChI=1S/C17H16N2.C6H6.C2H6.CH5NO2S/c1-12-3-7-14(8-4-12)16-11-17(19-18-16)15-9-5-13(2)6-10-15;1-2-4-6-5-3-1;1-2;1-5(2,3)4/h3-11H,1-2H3,(H,18,19);1-6H;1-2H3;1H3,(H2,2,3,4). The number of aromatic nitrogens is 2. The van der Waals surface area contributed by atoms with E-state index in [1.54, 1.807) is 0 Å². The first-order chi connectivity index (χ1) is 15.2. The summed E-state index contributed by atoms with van der Waals surface area (Å²) in [6.07, 6.45) is 0.938. The number of nitrogens with one attached hydrogen (secondary N) is 1. The van der Waals surface area contributed by atoms with Crippen molar-refractivity contribution in [3.05, 3.63) is 102 Å². The first kappa shape index (κ1) is 26.8. The van der Waals surface area contributed by atoms with Gasteiger partial charge >= 0.3 is 0 Å². The topological polar surface area (TPSA) is 88.8 Å². The van der Waals surface area contributed by atoms with Crippen molar-refractivity contribution in [1.82, 2.24) is 10.2 Å². The molecule has 1 aromatic heterocycles. The van der Waals surface area contributed by atoms with E-state index < -0.39 is 10.0 Å². The van der Waals surface area contributed by atoms with Gasteiger partial charge in [-0.2, -0.15) is 5.10 Å².